The van der Waals surface area contributed by atoms with E-state index in [0.717, 1.165) is 65.6 Å². The molecular weight excluding hydrogens is 410 g/mol. The molecule has 0 N–H and O–H groups in total. The molecule has 0 amide bonds. The molecule has 0 bridgehead atoms. The van der Waals surface area contributed by atoms with Crippen LogP contribution in [0.1, 0.15) is 18.5 Å². The first-order valence-electron chi connectivity index (χ1n) is 11.2. The van der Waals surface area contributed by atoms with Crippen molar-refractivity contribution < 1.29 is 0 Å². The van der Waals surface area contributed by atoms with Crippen molar-refractivity contribution in [3.8, 4) is 22.4 Å². The fourth-order valence-corrected chi connectivity index (χ4v) is 4.56. The van der Waals surface area contributed by atoms with Crippen molar-refractivity contribution in [2.45, 2.75) is 25.8 Å². The van der Waals surface area contributed by atoms with Gasteiger partial charge in [0.1, 0.15) is 5.65 Å². The Balaban J connectivity index is 1.69. The van der Waals surface area contributed by atoms with Crippen molar-refractivity contribution in [3.05, 3.63) is 72.1 Å². The lowest BCUT2D eigenvalue weighted by Crippen LogP contribution is -2.43. The van der Waals surface area contributed by atoms with E-state index in [4.69, 9.17) is 16.5 Å². The van der Waals surface area contributed by atoms with E-state index in [1.165, 1.54) is 0 Å². The number of benzene rings is 1. The Morgan fingerprint density at radius 3 is 2.36 bits per heavy atom. The summed E-state index contributed by atoms with van der Waals surface area (Å²) in [5.74, 6) is 0.910. The predicted octanol–water partition coefficient (Wildman–Crippen LogP) is 4.85. The lowest BCUT2D eigenvalue weighted by Gasteiger charge is -2.36. The van der Waals surface area contributed by atoms with Gasteiger partial charge in [0.05, 0.1) is 17.8 Å². The molecule has 0 saturated carbocycles. The van der Waals surface area contributed by atoms with Gasteiger partial charge in [-0.25, -0.2) is 14.8 Å². The molecule has 3 aromatic heterocycles. The van der Waals surface area contributed by atoms with Gasteiger partial charge in [-0.3, -0.25) is 9.38 Å². The molecule has 7 heteroatoms. The number of hydrogen-bond acceptors (Lipinski definition) is 5. The van der Waals surface area contributed by atoms with Gasteiger partial charge in [-0.05, 0) is 45.5 Å². The Kier molecular flexibility index (Phi) is 5.53. The van der Waals surface area contributed by atoms with E-state index in [0.29, 0.717) is 11.7 Å². The minimum absolute atomic E-state index is 0.595. The number of aryl methyl sites for hydroxylation is 1. The molecule has 1 aromatic carbocycles. The van der Waals surface area contributed by atoms with Crippen LogP contribution in [0.15, 0.2) is 55.0 Å². The molecule has 0 aliphatic carbocycles. The average Bonchev–Trinajstić information content (AvgIpc) is 3.34. The number of fused-ring (bicyclic) bond motifs is 1. The quantitative estimate of drug-likeness (QED) is 0.427. The van der Waals surface area contributed by atoms with Crippen molar-refractivity contribution in [3.63, 3.8) is 0 Å². The van der Waals surface area contributed by atoms with E-state index in [2.05, 4.69) is 44.2 Å². The van der Waals surface area contributed by atoms with E-state index in [-0.39, 0.29) is 0 Å². The van der Waals surface area contributed by atoms with Gasteiger partial charge < -0.3 is 9.80 Å². The highest BCUT2D eigenvalue weighted by Gasteiger charge is 2.26. The molecule has 0 unspecified atom stereocenters. The summed E-state index contributed by atoms with van der Waals surface area (Å²) in [5, 5.41) is 0. The molecule has 5 rings (SSSR count). The highest BCUT2D eigenvalue weighted by molar-refractivity contribution is 5.91. The van der Waals surface area contributed by atoms with Gasteiger partial charge in [0.25, 0.3) is 0 Å². The zero-order valence-electron chi connectivity index (χ0n) is 19.2. The standard InChI is InChI=1S/C26H27N7/c1-18-5-6-20(17-29-18)23-24(19-7-9-21(27-2)10-8-19)30-26(33-16-13-28-25(23)33)32-14-11-22(12-15-32)31(3)4/h5-10,13,16-17,22H,11-12,14-15H2,1,3-4H3. The minimum atomic E-state index is 0.595. The molecule has 1 saturated heterocycles. The summed E-state index contributed by atoms with van der Waals surface area (Å²) in [5.41, 5.74) is 6.21. The third-order valence-corrected chi connectivity index (χ3v) is 6.48. The first-order chi connectivity index (χ1) is 16.0. The molecule has 0 spiro atoms. The molecule has 0 atom stereocenters. The molecule has 0 radical (unpaired) electrons. The van der Waals surface area contributed by atoms with Crippen LogP contribution in [0.4, 0.5) is 11.6 Å². The summed E-state index contributed by atoms with van der Waals surface area (Å²) in [6.07, 6.45) is 7.92. The molecule has 4 heterocycles. The Morgan fingerprint density at radius 2 is 1.73 bits per heavy atom. The van der Waals surface area contributed by atoms with E-state index >= 15 is 0 Å². The Morgan fingerprint density at radius 1 is 1.00 bits per heavy atom. The van der Waals surface area contributed by atoms with Gasteiger partial charge in [-0.1, -0.05) is 30.3 Å². The van der Waals surface area contributed by atoms with Gasteiger partial charge in [0, 0.05) is 49.0 Å². The van der Waals surface area contributed by atoms with Gasteiger partial charge >= 0.3 is 0 Å². The van der Waals surface area contributed by atoms with Gasteiger partial charge in [0.2, 0.25) is 5.95 Å². The number of aromatic nitrogens is 4. The van der Waals surface area contributed by atoms with Gasteiger partial charge in [-0.15, -0.1) is 0 Å². The largest absolute Gasteiger partial charge is 0.342 e. The zero-order valence-corrected chi connectivity index (χ0v) is 19.2. The number of anilines is 1. The second-order valence-corrected chi connectivity index (χ2v) is 8.79. The third-order valence-electron chi connectivity index (χ3n) is 6.48. The molecule has 1 aliphatic rings. The van der Waals surface area contributed by atoms with E-state index in [1.807, 2.05) is 55.8 Å². The summed E-state index contributed by atoms with van der Waals surface area (Å²) >= 11 is 0. The number of rotatable bonds is 4. The Bertz CT molecular complexity index is 1310. The number of imidazole rings is 1. The van der Waals surface area contributed by atoms with Crippen LogP contribution in [0.25, 0.3) is 32.9 Å². The fourth-order valence-electron chi connectivity index (χ4n) is 4.56. The van der Waals surface area contributed by atoms with Crippen molar-refractivity contribution in [1.29, 1.82) is 0 Å². The number of pyridine rings is 1. The highest BCUT2D eigenvalue weighted by atomic mass is 15.3. The first kappa shape index (κ1) is 21.1. The maximum Gasteiger partial charge on any atom is 0.211 e. The lowest BCUT2D eigenvalue weighted by atomic mass is 10.0. The van der Waals surface area contributed by atoms with E-state index < -0.39 is 0 Å². The lowest BCUT2D eigenvalue weighted by molar-refractivity contribution is 0.249. The molecular formula is C26H27N7. The van der Waals surface area contributed by atoms with Gasteiger partial charge in [-0.2, -0.15) is 0 Å². The molecule has 1 fully saturated rings. The van der Waals surface area contributed by atoms with Crippen LogP contribution in [0, 0.1) is 13.5 Å². The predicted molar refractivity (Wildman–Crippen MR) is 132 cm³/mol. The smallest absolute Gasteiger partial charge is 0.211 e. The van der Waals surface area contributed by atoms with Crippen LogP contribution in [0.2, 0.25) is 0 Å². The minimum Gasteiger partial charge on any atom is -0.342 e. The van der Waals surface area contributed by atoms with Crippen LogP contribution in [-0.2, 0) is 0 Å². The molecule has 33 heavy (non-hydrogen) atoms. The summed E-state index contributed by atoms with van der Waals surface area (Å²) < 4.78 is 2.10. The molecule has 4 aromatic rings. The molecule has 166 valence electrons. The summed E-state index contributed by atoms with van der Waals surface area (Å²) in [7, 11) is 4.31. The summed E-state index contributed by atoms with van der Waals surface area (Å²) in [6.45, 7) is 11.2. The highest BCUT2D eigenvalue weighted by Crippen LogP contribution is 2.37. The zero-order chi connectivity index (χ0) is 22.9. The van der Waals surface area contributed by atoms with Crippen molar-refractivity contribution in [1.82, 2.24) is 24.3 Å². The Hall–Kier alpha value is -3.76. The van der Waals surface area contributed by atoms with E-state index in [9.17, 15) is 0 Å². The first-order valence-corrected chi connectivity index (χ1v) is 11.2. The van der Waals surface area contributed by atoms with Crippen LogP contribution in [0.3, 0.4) is 0 Å². The van der Waals surface area contributed by atoms with Crippen molar-refractivity contribution in [2.75, 3.05) is 32.1 Å². The fraction of sp³-hybridized carbons (Fsp3) is 0.308. The second-order valence-electron chi connectivity index (χ2n) is 8.79. The van der Waals surface area contributed by atoms with E-state index in [1.54, 1.807) is 0 Å². The SMILES string of the molecule is [C-]#[N+]c1ccc(-c2nc(N3CCC(N(C)C)CC3)n3ccnc3c2-c2ccc(C)nc2)cc1. The number of piperidine rings is 1. The molecule has 7 nitrogen and oxygen atoms in total. The maximum atomic E-state index is 7.29. The number of hydrogen-bond donors (Lipinski definition) is 0. The number of nitrogens with zero attached hydrogens (tertiary/aromatic N) is 7. The molecule has 1 aliphatic heterocycles. The summed E-state index contributed by atoms with van der Waals surface area (Å²) in [4.78, 5) is 22.7. The van der Waals surface area contributed by atoms with Crippen LogP contribution in [0.5, 0.6) is 0 Å². The maximum absolute atomic E-state index is 7.29. The van der Waals surface area contributed by atoms with Crippen molar-refractivity contribution >= 4 is 17.3 Å². The normalized spacial score (nSPS) is 14.7. The third kappa shape index (κ3) is 3.94. The topological polar surface area (TPSA) is 53.9 Å². The van der Waals surface area contributed by atoms with Crippen molar-refractivity contribution in [2.24, 2.45) is 0 Å². The average molecular weight is 438 g/mol. The van der Waals surface area contributed by atoms with Crippen LogP contribution < -0.4 is 4.90 Å². The van der Waals surface area contributed by atoms with Gasteiger partial charge in [0.15, 0.2) is 5.69 Å². The van der Waals surface area contributed by atoms with Crippen LogP contribution in [-0.4, -0.2) is 57.5 Å². The second kappa shape index (κ2) is 8.64. The Labute approximate surface area is 194 Å². The van der Waals surface area contributed by atoms with Crippen LogP contribution >= 0.6 is 0 Å². The summed E-state index contributed by atoms with van der Waals surface area (Å²) in [6, 6.07) is 12.3. The monoisotopic (exact) mass is 437 g/mol.